The first-order valence-electron chi connectivity index (χ1n) is 8.07. The summed E-state index contributed by atoms with van der Waals surface area (Å²) in [6.07, 6.45) is 6.10. The number of amides is 2. The fourth-order valence-electron chi connectivity index (χ4n) is 3.05. The SMILES string of the molecule is CN(C(=O)NCC(C)(C)c1ccccc1)C1CCCCC1. The molecule has 3 heteroatoms. The van der Waals surface area contributed by atoms with Crippen molar-refractivity contribution in [3.8, 4) is 0 Å². The van der Waals surface area contributed by atoms with Crippen LogP contribution >= 0.6 is 0 Å². The Balaban J connectivity index is 1.88. The molecule has 1 aliphatic rings. The Morgan fingerprint density at radius 2 is 1.81 bits per heavy atom. The molecule has 1 fully saturated rings. The average Bonchev–Trinajstić information content (AvgIpc) is 2.53. The maximum absolute atomic E-state index is 12.3. The summed E-state index contributed by atoms with van der Waals surface area (Å²) < 4.78 is 0. The molecular formula is C18H28N2O. The van der Waals surface area contributed by atoms with Crippen LogP contribution in [-0.2, 0) is 5.41 Å². The highest BCUT2D eigenvalue weighted by atomic mass is 16.2. The van der Waals surface area contributed by atoms with Crippen LogP contribution in [0.5, 0.6) is 0 Å². The Labute approximate surface area is 128 Å². The summed E-state index contributed by atoms with van der Waals surface area (Å²) in [5.41, 5.74) is 1.20. The molecular weight excluding hydrogens is 260 g/mol. The van der Waals surface area contributed by atoms with E-state index < -0.39 is 0 Å². The third-order valence-electron chi connectivity index (χ3n) is 4.68. The molecule has 0 heterocycles. The second kappa shape index (κ2) is 6.97. The molecule has 116 valence electrons. The van der Waals surface area contributed by atoms with E-state index in [2.05, 4.69) is 31.3 Å². The van der Waals surface area contributed by atoms with Crippen molar-refractivity contribution >= 4 is 6.03 Å². The molecule has 1 aromatic rings. The number of hydrogen-bond acceptors (Lipinski definition) is 1. The van der Waals surface area contributed by atoms with Gasteiger partial charge in [-0.2, -0.15) is 0 Å². The van der Waals surface area contributed by atoms with Crippen molar-refractivity contribution in [2.24, 2.45) is 0 Å². The maximum Gasteiger partial charge on any atom is 0.317 e. The van der Waals surface area contributed by atoms with Crippen molar-refractivity contribution in [2.45, 2.75) is 57.4 Å². The van der Waals surface area contributed by atoms with Gasteiger partial charge in [0.25, 0.3) is 0 Å². The van der Waals surface area contributed by atoms with Gasteiger partial charge in [-0.1, -0.05) is 63.4 Å². The first kappa shape index (κ1) is 15.9. The van der Waals surface area contributed by atoms with Crippen molar-refractivity contribution < 1.29 is 4.79 Å². The van der Waals surface area contributed by atoms with E-state index in [0.29, 0.717) is 12.6 Å². The van der Waals surface area contributed by atoms with E-state index in [4.69, 9.17) is 0 Å². The van der Waals surface area contributed by atoms with Gasteiger partial charge in [0.2, 0.25) is 0 Å². The van der Waals surface area contributed by atoms with Gasteiger partial charge in [-0.05, 0) is 18.4 Å². The first-order chi connectivity index (χ1) is 10.0. The van der Waals surface area contributed by atoms with Gasteiger partial charge in [0, 0.05) is 25.0 Å². The number of carbonyl (C=O) groups excluding carboxylic acids is 1. The van der Waals surface area contributed by atoms with Gasteiger partial charge >= 0.3 is 6.03 Å². The van der Waals surface area contributed by atoms with E-state index in [1.54, 1.807) is 0 Å². The van der Waals surface area contributed by atoms with Gasteiger partial charge in [0.05, 0.1) is 0 Å². The average molecular weight is 288 g/mol. The van der Waals surface area contributed by atoms with Crippen molar-refractivity contribution in [3.05, 3.63) is 35.9 Å². The van der Waals surface area contributed by atoms with Gasteiger partial charge < -0.3 is 10.2 Å². The van der Waals surface area contributed by atoms with Crippen LogP contribution in [0.3, 0.4) is 0 Å². The number of carbonyl (C=O) groups is 1. The summed E-state index contributed by atoms with van der Waals surface area (Å²) in [7, 11) is 1.93. The first-order valence-corrected chi connectivity index (χ1v) is 8.07. The molecule has 0 aromatic heterocycles. The summed E-state index contributed by atoms with van der Waals surface area (Å²) in [4.78, 5) is 14.2. The van der Waals surface area contributed by atoms with E-state index in [1.807, 2.05) is 30.1 Å². The summed E-state index contributed by atoms with van der Waals surface area (Å²) in [6, 6.07) is 10.8. The molecule has 0 unspecified atom stereocenters. The van der Waals surface area contributed by atoms with Gasteiger partial charge in [0.1, 0.15) is 0 Å². The van der Waals surface area contributed by atoms with Crippen LogP contribution in [-0.4, -0.2) is 30.6 Å². The predicted molar refractivity (Wildman–Crippen MR) is 87.5 cm³/mol. The van der Waals surface area contributed by atoms with Crippen molar-refractivity contribution in [1.29, 1.82) is 0 Å². The Kier molecular flexibility index (Phi) is 5.27. The van der Waals surface area contributed by atoms with Crippen LogP contribution < -0.4 is 5.32 Å². The zero-order valence-corrected chi connectivity index (χ0v) is 13.6. The molecule has 0 spiro atoms. The molecule has 2 rings (SSSR count). The van der Waals surface area contributed by atoms with Gasteiger partial charge in [-0.3, -0.25) is 0 Å². The molecule has 0 saturated heterocycles. The zero-order chi connectivity index (χ0) is 15.3. The largest absolute Gasteiger partial charge is 0.337 e. The van der Waals surface area contributed by atoms with Crippen LogP contribution in [0.15, 0.2) is 30.3 Å². The minimum atomic E-state index is -0.0513. The highest BCUT2D eigenvalue weighted by molar-refractivity contribution is 5.74. The number of nitrogens with one attached hydrogen (secondary N) is 1. The Morgan fingerprint density at radius 1 is 1.19 bits per heavy atom. The molecule has 1 aliphatic carbocycles. The third kappa shape index (κ3) is 4.23. The van der Waals surface area contributed by atoms with Gasteiger partial charge in [-0.15, -0.1) is 0 Å². The van der Waals surface area contributed by atoms with Crippen LogP contribution in [0.4, 0.5) is 4.79 Å². The molecule has 0 bridgehead atoms. The lowest BCUT2D eigenvalue weighted by Crippen LogP contribution is -2.47. The molecule has 0 aliphatic heterocycles. The normalized spacial score (nSPS) is 16.5. The molecule has 0 atom stereocenters. The Morgan fingerprint density at radius 3 is 2.43 bits per heavy atom. The quantitative estimate of drug-likeness (QED) is 0.894. The lowest BCUT2D eigenvalue weighted by atomic mass is 9.85. The number of urea groups is 1. The number of benzene rings is 1. The predicted octanol–water partition coefficient (Wildman–Crippen LogP) is 3.94. The smallest absolute Gasteiger partial charge is 0.317 e. The minimum Gasteiger partial charge on any atom is -0.337 e. The van der Waals surface area contributed by atoms with Crippen LogP contribution in [0.2, 0.25) is 0 Å². The van der Waals surface area contributed by atoms with Crippen molar-refractivity contribution in [3.63, 3.8) is 0 Å². The second-order valence-corrected chi connectivity index (χ2v) is 6.81. The van der Waals surface area contributed by atoms with Crippen molar-refractivity contribution in [2.75, 3.05) is 13.6 Å². The van der Waals surface area contributed by atoms with E-state index in [1.165, 1.54) is 24.8 Å². The molecule has 0 radical (unpaired) electrons. The Bertz CT molecular complexity index is 450. The fraction of sp³-hybridized carbons (Fsp3) is 0.611. The van der Waals surface area contributed by atoms with Gasteiger partial charge in [-0.25, -0.2) is 4.79 Å². The number of hydrogen-bond donors (Lipinski definition) is 1. The molecule has 1 aromatic carbocycles. The zero-order valence-electron chi connectivity index (χ0n) is 13.6. The monoisotopic (exact) mass is 288 g/mol. The van der Waals surface area contributed by atoms with Crippen molar-refractivity contribution in [1.82, 2.24) is 10.2 Å². The topological polar surface area (TPSA) is 32.3 Å². The summed E-state index contributed by atoms with van der Waals surface area (Å²) in [6.45, 7) is 5.00. The highest BCUT2D eigenvalue weighted by Gasteiger charge is 2.25. The maximum atomic E-state index is 12.3. The second-order valence-electron chi connectivity index (χ2n) is 6.81. The molecule has 2 amide bonds. The fourth-order valence-corrected chi connectivity index (χ4v) is 3.05. The minimum absolute atomic E-state index is 0.0513. The van der Waals surface area contributed by atoms with E-state index in [0.717, 1.165) is 12.8 Å². The van der Waals surface area contributed by atoms with Gasteiger partial charge in [0.15, 0.2) is 0 Å². The number of rotatable bonds is 4. The lowest BCUT2D eigenvalue weighted by molar-refractivity contribution is 0.172. The Hall–Kier alpha value is -1.51. The van der Waals surface area contributed by atoms with E-state index in [-0.39, 0.29) is 11.4 Å². The van der Waals surface area contributed by atoms with E-state index >= 15 is 0 Å². The van der Waals surface area contributed by atoms with E-state index in [9.17, 15) is 4.79 Å². The standard InChI is InChI=1S/C18H28N2O/c1-18(2,15-10-6-4-7-11-15)14-19-17(21)20(3)16-12-8-5-9-13-16/h4,6-7,10-11,16H,5,8-9,12-14H2,1-3H3,(H,19,21). The van der Waals surface area contributed by atoms with Crippen LogP contribution in [0.1, 0.15) is 51.5 Å². The lowest BCUT2D eigenvalue weighted by Gasteiger charge is -2.33. The van der Waals surface area contributed by atoms with Crippen LogP contribution in [0.25, 0.3) is 0 Å². The summed E-state index contributed by atoms with van der Waals surface area (Å²) >= 11 is 0. The number of nitrogens with zero attached hydrogens (tertiary/aromatic N) is 1. The molecule has 21 heavy (non-hydrogen) atoms. The van der Waals surface area contributed by atoms with Crippen LogP contribution in [0, 0.1) is 0 Å². The highest BCUT2D eigenvalue weighted by Crippen LogP contribution is 2.23. The molecule has 1 saturated carbocycles. The molecule has 1 N–H and O–H groups in total. The summed E-state index contributed by atoms with van der Waals surface area (Å²) in [5.74, 6) is 0. The third-order valence-corrected chi connectivity index (χ3v) is 4.68. The summed E-state index contributed by atoms with van der Waals surface area (Å²) in [5, 5.41) is 3.11. The molecule has 3 nitrogen and oxygen atoms in total.